The monoisotopic (exact) mass is 263 g/mol. The Hall–Kier alpha value is -0.0500. The molecule has 0 aliphatic carbocycles. The van der Waals surface area contributed by atoms with Gasteiger partial charge in [-0.15, -0.1) is 0 Å². The topological polar surface area (TPSA) is 29.1 Å². The maximum atomic E-state index is 11.6. The van der Waals surface area contributed by atoms with Gasteiger partial charge in [0, 0.05) is 17.3 Å². The van der Waals surface area contributed by atoms with E-state index >= 15 is 0 Å². The summed E-state index contributed by atoms with van der Waals surface area (Å²) in [6, 6.07) is 0.305. The SMILES string of the molecule is CCCC(C)C(=O)NC(C)CCCBr. The van der Waals surface area contributed by atoms with Crippen LogP contribution in [0.15, 0.2) is 0 Å². The minimum absolute atomic E-state index is 0.159. The maximum Gasteiger partial charge on any atom is 0.223 e. The third kappa shape index (κ3) is 6.41. The van der Waals surface area contributed by atoms with Crippen molar-refractivity contribution in [2.45, 2.75) is 52.5 Å². The first kappa shape index (κ1) is 13.9. The summed E-state index contributed by atoms with van der Waals surface area (Å²) in [5.41, 5.74) is 0. The third-order valence-corrected chi connectivity index (χ3v) is 2.89. The molecule has 0 radical (unpaired) electrons. The molecule has 3 heteroatoms. The van der Waals surface area contributed by atoms with Gasteiger partial charge in [-0.25, -0.2) is 0 Å². The number of hydrogen-bond acceptors (Lipinski definition) is 1. The standard InChI is InChI=1S/C11H22BrNO/c1-4-6-9(2)11(14)13-10(3)7-5-8-12/h9-10H,4-8H2,1-3H3,(H,13,14). The second-order valence-electron chi connectivity index (χ2n) is 3.93. The van der Waals surface area contributed by atoms with Crippen LogP contribution in [0.25, 0.3) is 0 Å². The maximum absolute atomic E-state index is 11.6. The van der Waals surface area contributed by atoms with E-state index in [1.165, 1.54) is 0 Å². The van der Waals surface area contributed by atoms with Gasteiger partial charge >= 0.3 is 0 Å². The minimum Gasteiger partial charge on any atom is -0.353 e. The Morgan fingerprint density at radius 2 is 2.00 bits per heavy atom. The summed E-state index contributed by atoms with van der Waals surface area (Å²) in [7, 11) is 0. The molecular formula is C11H22BrNO. The molecule has 0 saturated carbocycles. The van der Waals surface area contributed by atoms with E-state index in [4.69, 9.17) is 0 Å². The highest BCUT2D eigenvalue weighted by atomic mass is 79.9. The zero-order valence-corrected chi connectivity index (χ0v) is 11.1. The third-order valence-electron chi connectivity index (χ3n) is 2.33. The van der Waals surface area contributed by atoms with E-state index in [-0.39, 0.29) is 11.8 Å². The van der Waals surface area contributed by atoms with E-state index in [0.29, 0.717) is 6.04 Å². The Kier molecular flexibility index (Phi) is 8.24. The van der Waals surface area contributed by atoms with Crippen molar-refractivity contribution in [1.29, 1.82) is 0 Å². The van der Waals surface area contributed by atoms with Crippen LogP contribution in [0.1, 0.15) is 46.5 Å². The summed E-state index contributed by atoms with van der Waals surface area (Å²) in [4.78, 5) is 11.6. The molecule has 0 aromatic carbocycles. The number of halogens is 1. The molecule has 2 unspecified atom stereocenters. The number of carbonyl (C=O) groups excluding carboxylic acids is 1. The average Bonchev–Trinajstić information content (AvgIpc) is 2.15. The number of alkyl halides is 1. The molecule has 0 aliphatic heterocycles. The highest BCUT2D eigenvalue weighted by molar-refractivity contribution is 9.09. The Labute approximate surface area is 96.0 Å². The molecule has 1 N–H and O–H groups in total. The van der Waals surface area contributed by atoms with Gasteiger partial charge in [0.15, 0.2) is 0 Å². The van der Waals surface area contributed by atoms with Gasteiger partial charge in [0.25, 0.3) is 0 Å². The van der Waals surface area contributed by atoms with Crippen molar-refractivity contribution >= 4 is 21.8 Å². The lowest BCUT2D eigenvalue weighted by molar-refractivity contribution is -0.125. The Morgan fingerprint density at radius 1 is 1.36 bits per heavy atom. The predicted molar refractivity (Wildman–Crippen MR) is 64.7 cm³/mol. The molecule has 0 saturated heterocycles. The van der Waals surface area contributed by atoms with Crippen LogP contribution in [0.2, 0.25) is 0 Å². The van der Waals surface area contributed by atoms with Gasteiger partial charge in [-0.1, -0.05) is 36.2 Å². The number of nitrogens with one attached hydrogen (secondary N) is 1. The molecule has 2 nitrogen and oxygen atoms in total. The highest BCUT2D eigenvalue weighted by Gasteiger charge is 2.13. The molecule has 2 atom stereocenters. The molecular weight excluding hydrogens is 242 g/mol. The van der Waals surface area contributed by atoms with Crippen molar-refractivity contribution in [2.75, 3.05) is 5.33 Å². The molecule has 84 valence electrons. The lowest BCUT2D eigenvalue weighted by Gasteiger charge is -2.16. The summed E-state index contributed by atoms with van der Waals surface area (Å²) < 4.78 is 0. The van der Waals surface area contributed by atoms with E-state index in [1.54, 1.807) is 0 Å². The van der Waals surface area contributed by atoms with E-state index in [0.717, 1.165) is 31.0 Å². The molecule has 0 aliphatic rings. The van der Waals surface area contributed by atoms with Gasteiger partial charge < -0.3 is 5.32 Å². The van der Waals surface area contributed by atoms with Crippen molar-refractivity contribution in [3.8, 4) is 0 Å². The Bertz CT molecular complexity index is 161. The van der Waals surface area contributed by atoms with Crippen molar-refractivity contribution < 1.29 is 4.79 Å². The second-order valence-corrected chi connectivity index (χ2v) is 4.72. The first-order valence-corrected chi connectivity index (χ1v) is 6.60. The quantitative estimate of drug-likeness (QED) is 0.703. The van der Waals surface area contributed by atoms with Crippen LogP contribution in [0.5, 0.6) is 0 Å². The van der Waals surface area contributed by atoms with Gasteiger partial charge in [0.05, 0.1) is 0 Å². The number of hydrogen-bond donors (Lipinski definition) is 1. The molecule has 0 bridgehead atoms. The first-order chi connectivity index (χ1) is 6.61. The first-order valence-electron chi connectivity index (χ1n) is 5.48. The van der Waals surface area contributed by atoms with Crippen LogP contribution in [-0.4, -0.2) is 17.3 Å². The summed E-state index contributed by atoms with van der Waals surface area (Å²) >= 11 is 3.39. The normalized spacial score (nSPS) is 14.9. The molecule has 0 rings (SSSR count). The van der Waals surface area contributed by atoms with Crippen LogP contribution < -0.4 is 5.32 Å². The lowest BCUT2D eigenvalue weighted by Crippen LogP contribution is -2.36. The van der Waals surface area contributed by atoms with E-state index in [1.807, 2.05) is 6.92 Å². The fraction of sp³-hybridized carbons (Fsp3) is 0.909. The van der Waals surface area contributed by atoms with Gasteiger partial charge in [0.2, 0.25) is 5.91 Å². The minimum atomic E-state index is 0.159. The van der Waals surface area contributed by atoms with Crippen molar-refractivity contribution in [3.63, 3.8) is 0 Å². The molecule has 0 spiro atoms. The van der Waals surface area contributed by atoms with Crippen LogP contribution >= 0.6 is 15.9 Å². The Morgan fingerprint density at radius 3 is 2.50 bits per heavy atom. The van der Waals surface area contributed by atoms with Crippen molar-refractivity contribution in [1.82, 2.24) is 5.32 Å². The molecule has 0 aromatic heterocycles. The van der Waals surface area contributed by atoms with Gasteiger partial charge in [-0.3, -0.25) is 4.79 Å². The fourth-order valence-electron chi connectivity index (χ4n) is 1.40. The number of rotatable bonds is 7. The summed E-state index contributed by atoms with van der Waals surface area (Å²) in [5, 5.41) is 4.05. The molecule has 0 heterocycles. The van der Waals surface area contributed by atoms with Crippen LogP contribution in [0, 0.1) is 5.92 Å². The molecule has 14 heavy (non-hydrogen) atoms. The van der Waals surface area contributed by atoms with Crippen molar-refractivity contribution in [2.24, 2.45) is 5.92 Å². The zero-order valence-electron chi connectivity index (χ0n) is 9.48. The molecule has 0 fully saturated rings. The number of amides is 1. The highest BCUT2D eigenvalue weighted by Crippen LogP contribution is 2.06. The van der Waals surface area contributed by atoms with Gasteiger partial charge in [-0.2, -0.15) is 0 Å². The zero-order chi connectivity index (χ0) is 11.0. The molecule has 1 amide bonds. The van der Waals surface area contributed by atoms with E-state index in [2.05, 4.69) is 35.1 Å². The van der Waals surface area contributed by atoms with E-state index in [9.17, 15) is 4.79 Å². The van der Waals surface area contributed by atoms with Gasteiger partial charge in [-0.05, 0) is 26.2 Å². The predicted octanol–water partition coefficient (Wildman–Crippen LogP) is 3.10. The summed E-state index contributed by atoms with van der Waals surface area (Å²) in [6.07, 6.45) is 4.22. The largest absolute Gasteiger partial charge is 0.353 e. The Balaban J connectivity index is 3.69. The molecule has 0 aromatic rings. The van der Waals surface area contributed by atoms with Gasteiger partial charge in [0.1, 0.15) is 0 Å². The van der Waals surface area contributed by atoms with Crippen molar-refractivity contribution in [3.05, 3.63) is 0 Å². The average molecular weight is 264 g/mol. The summed E-state index contributed by atoms with van der Waals surface area (Å²) in [5.74, 6) is 0.361. The van der Waals surface area contributed by atoms with E-state index < -0.39 is 0 Å². The lowest BCUT2D eigenvalue weighted by atomic mass is 10.0. The summed E-state index contributed by atoms with van der Waals surface area (Å²) in [6.45, 7) is 6.17. The fourth-order valence-corrected chi connectivity index (χ4v) is 1.73. The second kappa shape index (κ2) is 8.27. The smallest absolute Gasteiger partial charge is 0.223 e. The van der Waals surface area contributed by atoms with Crippen LogP contribution in [0.4, 0.5) is 0 Å². The van der Waals surface area contributed by atoms with Crippen LogP contribution in [0.3, 0.4) is 0 Å². The number of carbonyl (C=O) groups is 1. The van der Waals surface area contributed by atoms with Crippen LogP contribution in [-0.2, 0) is 4.79 Å².